The topological polar surface area (TPSA) is 59.4 Å². The van der Waals surface area contributed by atoms with Gasteiger partial charge in [0.25, 0.3) is 0 Å². The molecule has 1 aliphatic heterocycles. The number of amides is 1. The Bertz CT molecular complexity index is 703. The molecule has 1 aromatic heterocycles. The Morgan fingerprint density at radius 2 is 1.96 bits per heavy atom. The molecule has 2 aromatic rings. The normalized spacial score (nSPS) is 15.8. The number of nitrogens with zero attached hydrogens (tertiary/aromatic N) is 3. The minimum atomic E-state index is 0.0337. The molecule has 1 saturated heterocycles. The van der Waals surface area contributed by atoms with E-state index >= 15 is 0 Å². The zero-order valence-electron chi connectivity index (χ0n) is 15.6. The van der Waals surface area contributed by atoms with Crippen molar-refractivity contribution in [1.82, 2.24) is 14.7 Å². The van der Waals surface area contributed by atoms with E-state index in [0.29, 0.717) is 19.1 Å². The summed E-state index contributed by atoms with van der Waals surface area (Å²) in [5.74, 6) is 1.41. The average Bonchev–Trinajstić information content (AvgIpc) is 3.13. The molecule has 2 heterocycles. The number of hydrogen-bond acceptors (Lipinski definition) is 4. The lowest BCUT2D eigenvalue weighted by molar-refractivity contribution is -0.117. The van der Waals surface area contributed by atoms with Crippen LogP contribution in [0.1, 0.15) is 38.2 Å². The molecule has 0 atom stereocenters. The Balaban J connectivity index is 1.44. The van der Waals surface area contributed by atoms with E-state index in [1.165, 1.54) is 5.56 Å². The number of aryl methyl sites for hydroxylation is 1. The summed E-state index contributed by atoms with van der Waals surface area (Å²) >= 11 is 0. The van der Waals surface area contributed by atoms with Crippen LogP contribution in [0.5, 0.6) is 5.75 Å². The van der Waals surface area contributed by atoms with Crippen LogP contribution >= 0.6 is 0 Å². The standard InChI is InChI=1S/C20H28N4O2/c1-3-24-14-17(13-21-24)16-9-11-23(12-10-16)15-20(25)22-18-5-7-19(8-6-18)26-4-2/h5-8,13-14,16H,3-4,9-12,15H2,1-2H3,(H,22,25). The zero-order valence-corrected chi connectivity index (χ0v) is 15.6. The van der Waals surface area contributed by atoms with Gasteiger partial charge in [-0.2, -0.15) is 5.10 Å². The minimum absolute atomic E-state index is 0.0337. The summed E-state index contributed by atoms with van der Waals surface area (Å²) in [4.78, 5) is 14.5. The number of likely N-dealkylation sites (tertiary alicyclic amines) is 1. The predicted octanol–water partition coefficient (Wildman–Crippen LogP) is 3.12. The van der Waals surface area contributed by atoms with Crippen molar-refractivity contribution in [1.29, 1.82) is 0 Å². The van der Waals surface area contributed by atoms with Gasteiger partial charge < -0.3 is 10.1 Å². The maximum absolute atomic E-state index is 12.3. The van der Waals surface area contributed by atoms with E-state index in [9.17, 15) is 4.79 Å². The fourth-order valence-electron chi connectivity index (χ4n) is 3.39. The summed E-state index contributed by atoms with van der Waals surface area (Å²) in [6.45, 7) is 7.92. The third-order valence-electron chi connectivity index (χ3n) is 4.85. The number of hydrogen-bond donors (Lipinski definition) is 1. The van der Waals surface area contributed by atoms with Crippen molar-refractivity contribution in [2.24, 2.45) is 0 Å². The molecule has 140 valence electrons. The van der Waals surface area contributed by atoms with Gasteiger partial charge in [0.05, 0.1) is 19.3 Å². The van der Waals surface area contributed by atoms with Crippen molar-refractivity contribution in [2.45, 2.75) is 39.2 Å². The molecule has 0 aliphatic carbocycles. The number of carbonyl (C=O) groups is 1. The number of nitrogens with one attached hydrogen (secondary N) is 1. The van der Waals surface area contributed by atoms with E-state index in [1.54, 1.807) is 0 Å². The maximum Gasteiger partial charge on any atom is 0.238 e. The lowest BCUT2D eigenvalue weighted by atomic mass is 9.91. The molecule has 1 aliphatic rings. The number of piperidine rings is 1. The third-order valence-corrected chi connectivity index (χ3v) is 4.85. The van der Waals surface area contributed by atoms with Crippen LogP contribution in [-0.2, 0) is 11.3 Å². The van der Waals surface area contributed by atoms with E-state index in [4.69, 9.17) is 4.74 Å². The first-order valence-electron chi connectivity index (χ1n) is 9.45. The smallest absolute Gasteiger partial charge is 0.238 e. The van der Waals surface area contributed by atoms with Gasteiger partial charge >= 0.3 is 0 Å². The number of benzene rings is 1. The van der Waals surface area contributed by atoms with Crippen LogP contribution in [0.25, 0.3) is 0 Å². The molecule has 0 spiro atoms. The van der Waals surface area contributed by atoms with Crippen molar-refractivity contribution < 1.29 is 9.53 Å². The average molecular weight is 356 g/mol. The molecule has 0 unspecified atom stereocenters. The van der Waals surface area contributed by atoms with Crippen molar-refractivity contribution in [3.05, 3.63) is 42.2 Å². The number of aromatic nitrogens is 2. The van der Waals surface area contributed by atoms with Gasteiger partial charge in [0.2, 0.25) is 5.91 Å². The van der Waals surface area contributed by atoms with Crippen molar-refractivity contribution in [3.8, 4) is 5.75 Å². The van der Waals surface area contributed by atoms with Crippen LogP contribution < -0.4 is 10.1 Å². The highest BCUT2D eigenvalue weighted by Gasteiger charge is 2.23. The third kappa shape index (κ3) is 4.85. The molecule has 0 saturated carbocycles. The Labute approximate surface area is 155 Å². The summed E-state index contributed by atoms with van der Waals surface area (Å²) in [6, 6.07) is 7.50. The molecular weight excluding hydrogens is 328 g/mol. The fraction of sp³-hybridized carbons (Fsp3) is 0.500. The first-order valence-corrected chi connectivity index (χ1v) is 9.45. The molecule has 1 aromatic carbocycles. The summed E-state index contributed by atoms with van der Waals surface area (Å²) in [5.41, 5.74) is 2.13. The van der Waals surface area contributed by atoms with Gasteiger partial charge in [0.15, 0.2) is 0 Å². The largest absolute Gasteiger partial charge is 0.494 e. The summed E-state index contributed by atoms with van der Waals surface area (Å²) < 4.78 is 7.39. The summed E-state index contributed by atoms with van der Waals surface area (Å²) in [5, 5.41) is 7.33. The number of carbonyl (C=O) groups excluding carboxylic acids is 1. The molecule has 1 amide bonds. The Morgan fingerprint density at radius 1 is 1.23 bits per heavy atom. The first kappa shape index (κ1) is 18.5. The monoisotopic (exact) mass is 356 g/mol. The van der Waals surface area contributed by atoms with E-state index in [2.05, 4.69) is 28.4 Å². The second-order valence-electron chi connectivity index (χ2n) is 6.69. The molecular formula is C20H28N4O2. The fourth-order valence-corrected chi connectivity index (χ4v) is 3.39. The predicted molar refractivity (Wildman–Crippen MR) is 103 cm³/mol. The molecule has 1 fully saturated rings. The minimum Gasteiger partial charge on any atom is -0.494 e. The Morgan fingerprint density at radius 3 is 2.58 bits per heavy atom. The lowest BCUT2D eigenvalue weighted by Crippen LogP contribution is -2.38. The molecule has 0 radical (unpaired) electrons. The van der Waals surface area contributed by atoms with Gasteiger partial charge in [-0.25, -0.2) is 0 Å². The van der Waals surface area contributed by atoms with E-state index in [-0.39, 0.29) is 5.91 Å². The van der Waals surface area contributed by atoms with Gasteiger partial charge in [-0.15, -0.1) is 0 Å². The van der Waals surface area contributed by atoms with Gasteiger partial charge in [0.1, 0.15) is 5.75 Å². The highest BCUT2D eigenvalue weighted by molar-refractivity contribution is 5.92. The lowest BCUT2D eigenvalue weighted by Gasteiger charge is -2.31. The van der Waals surface area contributed by atoms with E-state index in [1.807, 2.05) is 42.1 Å². The molecule has 6 nitrogen and oxygen atoms in total. The van der Waals surface area contributed by atoms with Gasteiger partial charge in [-0.05, 0) is 75.5 Å². The SMILES string of the molecule is CCOc1ccc(NC(=O)CN2CCC(c3cnn(CC)c3)CC2)cc1. The molecule has 3 rings (SSSR count). The van der Waals surface area contributed by atoms with Crippen molar-refractivity contribution >= 4 is 11.6 Å². The van der Waals surface area contributed by atoms with Crippen LogP contribution in [0, 0.1) is 0 Å². The molecule has 26 heavy (non-hydrogen) atoms. The maximum atomic E-state index is 12.3. The zero-order chi connectivity index (χ0) is 18.4. The number of ether oxygens (including phenoxy) is 1. The highest BCUT2D eigenvalue weighted by Crippen LogP contribution is 2.27. The van der Waals surface area contributed by atoms with Crippen molar-refractivity contribution in [3.63, 3.8) is 0 Å². The van der Waals surface area contributed by atoms with Crippen LogP contribution in [-0.4, -0.2) is 46.8 Å². The van der Waals surface area contributed by atoms with Gasteiger partial charge in [-0.3, -0.25) is 14.4 Å². The van der Waals surface area contributed by atoms with Gasteiger partial charge in [0, 0.05) is 18.4 Å². The van der Waals surface area contributed by atoms with Crippen molar-refractivity contribution in [2.75, 3.05) is 31.6 Å². The van der Waals surface area contributed by atoms with E-state index < -0.39 is 0 Å². The van der Waals surface area contributed by atoms with Crippen LogP contribution in [0.4, 0.5) is 5.69 Å². The van der Waals surface area contributed by atoms with Crippen LogP contribution in [0.2, 0.25) is 0 Å². The Kier molecular flexibility index (Phi) is 6.28. The quantitative estimate of drug-likeness (QED) is 0.828. The number of anilines is 1. The second kappa shape index (κ2) is 8.85. The van der Waals surface area contributed by atoms with Gasteiger partial charge in [-0.1, -0.05) is 0 Å². The Hall–Kier alpha value is -2.34. The van der Waals surface area contributed by atoms with E-state index in [0.717, 1.165) is 43.9 Å². The second-order valence-corrected chi connectivity index (χ2v) is 6.69. The first-order chi connectivity index (χ1) is 12.7. The molecule has 0 bridgehead atoms. The number of rotatable bonds is 7. The summed E-state index contributed by atoms with van der Waals surface area (Å²) in [7, 11) is 0. The van der Waals surface area contributed by atoms with Crippen LogP contribution in [0.15, 0.2) is 36.7 Å². The summed E-state index contributed by atoms with van der Waals surface area (Å²) in [6.07, 6.45) is 6.29. The van der Waals surface area contributed by atoms with Crippen LogP contribution in [0.3, 0.4) is 0 Å². The highest BCUT2D eigenvalue weighted by atomic mass is 16.5. The molecule has 6 heteroatoms. The molecule has 1 N–H and O–H groups in total.